The van der Waals surface area contributed by atoms with Gasteiger partial charge in [0.2, 0.25) is 0 Å². The Hall–Kier alpha value is -6.45. The first-order valence-corrected chi connectivity index (χ1v) is 16.2. The Morgan fingerprint density at radius 3 is 1.19 bits per heavy atom. The van der Waals surface area contributed by atoms with Crippen molar-refractivity contribution < 1.29 is 0 Å². The molecule has 0 bridgehead atoms. The topological polar surface area (TPSA) is 38.7 Å². The van der Waals surface area contributed by atoms with Crippen LogP contribution in [-0.2, 0) is 0 Å². The lowest BCUT2D eigenvalue weighted by Gasteiger charge is -2.17. The molecule has 3 heteroatoms. The minimum absolute atomic E-state index is 0.885. The fourth-order valence-electron chi connectivity index (χ4n) is 6.91. The summed E-state index contributed by atoms with van der Waals surface area (Å²) in [6, 6.07) is 57.6. The second-order valence-electron chi connectivity index (χ2n) is 12.0. The van der Waals surface area contributed by atoms with E-state index in [1.165, 1.54) is 43.8 Å². The zero-order valence-electron chi connectivity index (χ0n) is 26.1. The Labute approximate surface area is 278 Å². The molecule has 9 rings (SSSR count). The smallest absolute Gasteiger partial charge is 0.0973 e. The average molecular weight is 612 g/mol. The van der Waals surface area contributed by atoms with Crippen molar-refractivity contribution >= 4 is 32.6 Å². The van der Waals surface area contributed by atoms with Crippen LogP contribution in [0.1, 0.15) is 0 Å². The van der Waals surface area contributed by atoms with E-state index < -0.39 is 0 Å². The van der Waals surface area contributed by atoms with Crippen LogP contribution >= 0.6 is 0 Å². The molecule has 0 saturated carbocycles. The van der Waals surface area contributed by atoms with Gasteiger partial charge in [-0.3, -0.25) is 4.98 Å². The summed E-state index contributed by atoms with van der Waals surface area (Å²) in [5, 5.41) is 4.92. The normalized spacial score (nSPS) is 11.3. The number of aromatic nitrogens is 3. The van der Waals surface area contributed by atoms with E-state index in [-0.39, 0.29) is 0 Å². The monoisotopic (exact) mass is 611 g/mol. The number of nitrogens with zero attached hydrogens (tertiary/aromatic N) is 3. The number of hydrogen-bond acceptors (Lipinski definition) is 3. The fraction of sp³-hybridized carbons (Fsp3) is 0. The summed E-state index contributed by atoms with van der Waals surface area (Å²) in [4.78, 5) is 14.6. The molecule has 0 aliphatic carbocycles. The van der Waals surface area contributed by atoms with E-state index in [2.05, 4.69) is 120 Å². The van der Waals surface area contributed by atoms with Gasteiger partial charge in [0.15, 0.2) is 0 Å². The van der Waals surface area contributed by atoms with E-state index in [0.717, 1.165) is 44.7 Å². The standard InChI is InChI=1S/C45H29N3/c1-2-11-33(12-3-1)44-45(48-41-19-9-8-18-40(41)47-44)34-26-22-31(23-27-34)30-20-24-32(25-21-30)42-36-14-4-6-16-38(36)43(35-13-10-28-46-29-35)39-17-7-5-15-37(39)42/h1-29H. The summed E-state index contributed by atoms with van der Waals surface area (Å²) in [6.07, 6.45) is 3.79. The van der Waals surface area contributed by atoms with E-state index in [9.17, 15) is 0 Å². The van der Waals surface area contributed by atoms with Crippen LogP contribution in [0.15, 0.2) is 176 Å². The molecule has 48 heavy (non-hydrogen) atoms. The maximum Gasteiger partial charge on any atom is 0.0973 e. The number of benzene rings is 7. The van der Waals surface area contributed by atoms with E-state index in [0.29, 0.717) is 0 Å². The van der Waals surface area contributed by atoms with Crippen molar-refractivity contribution in [2.75, 3.05) is 0 Å². The summed E-state index contributed by atoms with van der Waals surface area (Å²) >= 11 is 0. The van der Waals surface area contributed by atoms with E-state index in [4.69, 9.17) is 9.97 Å². The van der Waals surface area contributed by atoms with Crippen LogP contribution in [0.25, 0.3) is 88.5 Å². The van der Waals surface area contributed by atoms with Crippen LogP contribution in [-0.4, -0.2) is 15.0 Å². The van der Waals surface area contributed by atoms with Crippen molar-refractivity contribution in [3.63, 3.8) is 0 Å². The highest BCUT2D eigenvalue weighted by Crippen LogP contribution is 2.43. The Bertz CT molecular complexity index is 2520. The Balaban J connectivity index is 1.12. The summed E-state index contributed by atoms with van der Waals surface area (Å²) in [5.74, 6) is 0. The molecule has 0 amide bonds. The molecular formula is C45H29N3. The number of rotatable bonds is 5. The van der Waals surface area contributed by atoms with E-state index in [1.54, 1.807) is 0 Å². The third kappa shape index (κ3) is 4.81. The van der Waals surface area contributed by atoms with Crippen LogP contribution in [0.3, 0.4) is 0 Å². The van der Waals surface area contributed by atoms with Crippen molar-refractivity contribution in [3.8, 4) is 55.9 Å². The lowest BCUT2D eigenvalue weighted by atomic mass is 9.86. The van der Waals surface area contributed by atoms with Gasteiger partial charge in [-0.2, -0.15) is 0 Å². The summed E-state index contributed by atoms with van der Waals surface area (Å²) in [5.41, 5.74) is 12.8. The summed E-state index contributed by atoms with van der Waals surface area (Å²) < 4.78 is 0. The van der Waals surface area contributed by atoms with Gasteiger partial charge in [0, 0.05) is 29.1 Å². The Kier molecular flexibility index (Phi) is 6.80. The summed E-state index contributed by atoms with van der Waals surface area (Å²) in [7, 11) is 0. The van der Waals surface area contributed by atoms with Gasteiger partial charge in [0.25, 0.3) is 0 Å². The van der Waals surface area contributed by atoms with Gasteiger partial charge in [-0.05, 0) is 67.6 Å². The molecule has 3 nitrogen and oxygen atoms in total. The molecular weight excluding hydrogens is 583 g/mol. The van der Waals surface area contributed by atoms with E-state index >= 15 is 0 Å². The third-order valence-electron chi connectivity index (χ3n) is 9.16. The van der Waals surface area contributed by atoms with Gasteiger partial charge >= 0.3 is 0 Å². The SMILES string of the molecule is c1ccc(-c2nc3ccccc3nc2-c2ccc(-c3ccc(-c4c5ccccc5c(-c5cccnc5)c5ccccc45)cc3)cc2)cc1. The minimum Gasteiger partial charge on any atom is -0.264 e. The molecule has 9 aromatic rings. The van der Waals surface area contributed by atoms with Crippen LogP contribution in [0.4, 0.5) is 0 Å². The van der Waals surface area contributed by atoms with Crippen molar-refractivity contribution in [3.05, 3.63) is 176 Å². The number of para-hydroxylation sites is 2. The summed E-state index contributed by atoms with van der Waals surface area (Å²) in [6.45, 7) is 0. The largest absolute Gasteiger partial charge is 0.264 e. The lowest BCUT2D eigenvalue weighted by Crippen LogP contribution is -1.95. The first kappa shape index (κ1) is 27.8. The van der Waals surface area contributed by atoms with Crippen molar-refractivity contribution in [2.45, 2.75) is 0 Å². The fourth-order valence-corrected chi connectivity index (χ4v) is 6.91. The molecule has 2 aromatic heterocycles. The maximum absolute atomic E-state index is 5.08. The molecule has 0 spiro atoms. The molecule has 7 aromatic carbocycles. The minimum atomic E-state index is 0.885. The third-order valence-corrected chi connectivity index (χ3v) is 9.16. The first-order chi connectivity index (χ1) is 23.8. The predicted octanol–water partition coefficient (Wildman–Crippen LogP) is 11.7. The van der Waals surface area contributed by atoms with Gasteiger partial charge in [-0.25, -0.2) is 9.97 Å². The zero-order valence-corrected chi connectivity index (χ0v) is 26.1. The quantitative estimate of drug-likeness (QED) is 0.182. The highest BCUT2D eigenvalue weighted by Gasteiger charge is 2.17. The lowest BCUT2D eigenvalue weighted by molar-refractivity contribution is 1.29. The van der Waals surface area contributed by atoms with Crippen LogP contribution in [0.5, 0.6) is 0 Å². The molecule has 0 radical (unpaired) electrons. The molecule has 0 unspecified atom stereocenters. The molecule has 0 fully saturated rings. The molecule has 224 valence electrons. The molecule has 0 saturated heterocycles. The van der Waals surface area contributed by atoms with Gasteiger partial charge in [0.05, 0.1) is 22.4 Å². The van der Waals surface area contributed by atoms with Crippen molar-refractivity contribution in [1.82, 2.24) is 15.0 Å². The first-order valence-electron chi connectivity index (χ1n) is 16.2. The Morgan fingerprint density at radius 1 is 0.292 bits per heavy atom. The van der Waals surface area contributed by atoms with Gasteiger partial charge in [-0.15, -0.1) is 0 Å². The van der Waals surface area contributed by atoms with Crippen LogP contribution in [0, 0.1) is 0 Å². The second-order valence-corrected chi connectivity index (χ2v) is 12.0. The average Bonchev–Trinajstić information content (AvgIpc) is 3.17. The molecule has 0 atom stereocenters. The van der Waals surface area contributed by atoms with Gasteiger partial charge in [0.1, 0.15) is 0 Å². The molecule has 0 aliphatic rings. The van der Waals surface area contributed by atoms with Gasteiger partial charge in [-0.1, -0.05) is 146 Å². The van der Waals surface area contributed by atoms with Crippen LogP contribution in [0.2, 0.25) is 0 Å². The Morgan fingerprint density at radius 2 is 0.688 bits per heavy atom. The van der Waals surface area contributed by atoms with Crippen LogP contribution < -0.4 is 0 Å². The molecule has 2 heterocycles. The zero-order chi connectivity index (χ0) is 31.9. The van der Waals surface area contributed by atoms with E-state index in [1.807, 2.05) is 60.9 Å². The second kappa shape index (κ2) is 11.7. The highest BCUT2D eigenvalue weighted by molar-refractivity contribution is 6.21. The maximum atomic E-state index is 5.08. The van der Waals surface area contributed by atoms with Crippen molar-refractivity contribution in [2.24, 2.45) is 0 Å². The molecule has 0 aliphatic heterocycles. The van der Waals surface area contributed by atoms with Crippen molar-refractivity contribution in [1.29, 1.82) is 0 Å². The highest BCUT2D eigenvalue weighted by atomic mass is 14.8. The number of fused-ring (bicyclic) bond motifs is 3. The van der Waals surface area contributed by atoms with Gasteiger partial charge < -0.3 is 0 Å². The number of pyridine rings is 1. The predicted molar refractivity (Wildman–Crippen MR) is 200 cm³/mol. The number of hydrogen-bond donors (Lipinski definition) is 0. The molecule has 0 N–H and O–H groups in total.